The summed E-state index contributed by atoms with van der Waals surface area (Å²) in [6.45, 7) is 1.53. The van der Waals surface area contributed by atoms with Gasteiger partial charge in [-0.15, -0.1) is 0 Å². The van der Waals surface area contributed by atoms with Crippen LogP contribution in [0.15, 0.2) is 24.3 Å². The Bertz CT molecular complexity index is 960. The lowest BCUT2D eigenvalue weighted by Gasteiger charge is -2.10. The van der Waals surface area contributed by atoms with Crippen LogP contribution >= 0.6 is 0 Å². The van der Waals surface area contributed by atoms with Gasteiger partial charge >= 0.3 is 0 Å². The van der Waals surface area contributed by atoms with E-state index in [4.69, 9.17) is 0 Å². The third-order valence-electron chi connectivity index (χ3n) is 4.26. The molecule has 0 radical (unpaired) electrons. The number of aromatic nitrogens is 4. The highest BCUT2D eigenvalue weighted by Crippen LogP contribution is 2.39. The number of nitrogens with one attached hydrogen (secondary N) is 3. The summed E-state index contributed by atoms with van der Waals surface area (Å²) in [6.07, 6.45) is 2.33. The first kappa shape index (κ1) is 17.3. The van der Waals surface area contributed by atoms with Crippen LogP contribution in [0, 0.1) is 24.4 Å². The molecule has 6 nitrogen and oxygen atoms in total. The normalized spacial score (nSPS) is 13.6. The molecule has 1 saturated carbocycles. The van der Waals surface area contributed by atoms with Crippen LogP contribution in [0.5, 0.6) is 0 Å². The smallest absolute Gasteiger partial charge is 0.153 e. The van der Waals surface area contributed by atoms with E-state index in [1.807, 2.05) is 6.07 Å². The Morgan fingerprint density at radius 3 is 2.41 bits per heavy atom. The Morgan fingerprint density at radius 2 is 1.70 bits per heavy atom. The molecule has 0 unspecified atom stereocenters. The second-order valence-corrected chi connectivity index (χ2v) is 6.49. The molecule has 0 atom stereocenters. The van der Waals surface area contributed by atoms with Gasteiger partial charge in [-0.1, -0.05) is 0 Å². The fraction of sp³-hybridized carbons (Fsp3) is 0.278. The fourth-order valence-electron chi connectivity index (χ4n) is 2.78. The molecule has 1 aromatic carbocycles. The van der Waals surface area contributed by atoms with Crippen LogP contribution in [0.4, 0.5) is 30.6 Å². The van der Waals surface area contributed by atoms with E-state index in [2.05, 4.69) is 30.8 Å². The van der Waals surface area contributed by atoms with Crippen molar-refractivity contribution in [1.82, 2.24) is 20.2 Å². The van der Waals surface area contributed by atoms with Gasteiger partial charge in [0, 0.05) is 48.0 Å². The van der Waals surface area contributed by atoms with E-state index in [1.165, 1.54) is 12.8 Å². The van der Waals surface area contributed by atoms with Gasteiger partial charge in [-0.05, 0) is 19.8 Å². The van der Waals surface area contributed by atoms with Gasteiger partial charge in [0.05, 0.1) is 0 Å². The zero-order valence-corrected chi connectivity index (χ0v) is 14.5. The van der Waals surface area contributed by atoms with E-state index < -0.39 is 17.5 Å². The topological polar surface area (TPSA) is 78.5 Å². The molecule has 2 heterocycles. The molecule has 2 aromatic heterocycles. The van der Waals surface area contributed by atoms with Crippen molar-refractivity contribution in [2.45, 2.75) is 32.2 Å². The van der Waals surface area contributed by atoms with E-state index >= 15 is 0 Å². The molecule has 1 aliphatic rings. The van der Waals surface area contributed by atoms with Crippen molar-refractivity contribution in [3.63, 3.8) is 0 Å². The predicted octanol–water partition coefficient (Wildman–Crippen LogP) is 4.16. The molecule has 3 aromatic rings. The standard InChI is InChI=1S/C18H17F3N6/c1-9-23-16(22-8-12-13(20)4-11(19)5-14(12)21)7-17(24-9)25-18-6-15(26-27-18)10-2-3-10/h4-7,10H,2-3,8H2,1H3,(H3,22,23,24,25,26,27). The van der Waals surface area contributed by atoms with Crippen molar-refractivity contribution in [2.24, 2.45) is 0 Å². The summed E-state index contributed by atoms with van der Waals surface area (Å²) >= 11 is 0. The lowest BCUT2D eigenvalue weighted by atomic mass is 10.2. The average Bonchev–Trinajstić information content (AvgIpc) is 3.33. The Hall–Kier alpha value is -3.10. The lowest BCUT2D eigenvalue weighted by Crippen LogP contribution is -2.08. The van der Waals surface area contributed by atoms with Crippen LogP contribution in [0.25, 0.3) is 0 Å². The number of benzene rings is 1. The van der Waals surface area contributed by atoms with Gasteiger partial charge in [-0.3, -0.25) is 5.10 Å². The number of rotatable bonds is 6. The molecule has 0 saturated heterocycles. The van der Waals surface area contributed by atoms with Gasteiger partial charge in [-0.2, -0.15) is 5.10 Å². The molecule has 27 heavy (non-hydrogen) atoms. The minimum atomic E-state index is -0.956. The van der Waals surface area contributed by atoms with Crippen molar-refractivity contribution in [2.75, 3.05) is 10.6 Å². The van der Waals surface area contributed by atoms with E-state index in [0.29, 0.717) is 41.3 Å². The SMILES string of the molecule is Cc1nc(NCc2c(F)cc(F)cc2F)cc(Nc2cc(C3CC3)[nH]n2)n1. The number of anilines is 3. The van der Waals surface area contributed by atoms with Crippen molar-refractivity contribution < 1.29 is 13.2 Å². The number of hydrogen-bond donors (Lipinski definition) is 3. The molecule has 0 spiro atoms. The molecule has 140 valence electrons. The number of hydrogen-bond acceptors (Lipinski definition) is 5. The Kier molecular flexibility index (Phi) is 4.43. The first-order valence-electron chi connectivity index (χ1n) is 8.53. The molecule has 4 rings (SSSR count). The summed E-state index contributed by atoms with van der Waals surface area (Å²) in [4.78, 5) is 8.49. The Morgan fingerprint density at radius 1 is 1.00 bits per heavy atom. The summed E-state index contributed by atoms with van der Waals surface area (Å²) < 4.78 is 40.5. The maximum Gasteiger partial charge on any atom is 0.153 e. The fourth-order valence-corrected chi connectivity index (χ4v) is 2.78. The maximum absolute atomic E-state index is 13.8. The predicted molar refractivity (Wildman–Crippen MR) is 94.3 cm³/mol. The highest BCUT2D eigenvalue weighted by atomic mass is 19.1. The summed E-state index contributed by atoms with van der Waals surface area (Å²) in [6, 6.07) is 4.84. The van der Waals surface area contributed by atoms with Gasteiger partial charge in [0.1, 0.15) is 34.9 Å². The number of aryl methyl sites for hydroxylation is 1. The van der Waals surface area contributed by atoms with Crippen LogP contribution in [-0.4, -0.2) is 20.2 Å². The van der Waals surface area contributed by atoms with E-state index in [9.17, 15) is 13.2 Å². The van der Waals surface area contributed by atoms with Gasteiger partial charge in [-0.25, -0.2) is 23.1 Å². The molecule has 0 amide bonds. The Labute approximate surface area is 153 Å². The highest BCUT2D eigenvalue weighted by Gasteiger charge is 2.25. The van der Waals surface area contributed by atoms with E-state index in [-0.39, 0.29) is 12.1 Å². The molecular formula is C18H17F3N6. The molecule has 0 bridgehead atoms. The van der Waals surface area contributed by atoms with Gasteiger partial charge in [0.2, 0.25) is 0 Å². The molecule has 0 aliphatic heterocycles. The van der Waals surface area contributed by atoms with E-state index in [1.54, 1.807) is 13.0 Å². The second-order valence-electron chi connectivity index (χ2n) is 6.49. The number of nitrogens with zero attached hydrogens (tertiary/aromatic N) is 3. The minimum Gasteiger partial charge on any atom is -0.366 e. The van der Waals surface area contributed by atoms with Crippen molar-refractivity contribution in [3.8, 4) is 0 Å². The molecular weight excluding hydrogens is 357 g/mol. The van der Waals surface area contributed by atoms with Crippen molar-refractivity contribution in [3.05, 3.63) is 58.8 Å². The van der Waals surface area contributed by atoms with Crippen LogP contribution in [0.1, 0.15) is 35.8 Å². The molecule has 1 fully saturated rings. The van der Waals surface area contributed by atoms with Gasteiger partial charge in [0.15, 0.2) is 5.82 Å². The third kappa shape index (κ3) is 4.02. The van der Waals surface area contributed by atoms with Gasteiger partial charge < -0.3 is 10.6 Å². The van der Waals surface area contributed by atoms with Crippen LogP contribution in [0.3, 0.4) is 0 Å². The Balaban J connectivity index is 1.48. The number of halogens is 3. The first-order chi connectivity index (χ1) is 13.0. The maximum atomic E-state index is 13.8. The number of aromatic amines is 1. The summed E-state index contributed by atoms with van der Waals surface area (Å²) in [5.41, 5.74) is 0.826. The second kappa shape index (κ2) is 6.90. The molecule has 9 heteroatoms. The quantitative estimate of drug-likeness (QED) is 0.604. The van der Waals surface area contributed by atoms with Crippen molar-refractivity contribution in [1.29, 1.82) is 0 Å². The summed E-state index contributed by atoms with van der Waals surface area (Å²) in [5, 5.41) is 13.1. The average molecular weight is 374 g/mol. The zero-order valence-electron chi connectivity index (χ0n) is 14.5. The highest BCUT2D eigenvalue weighted by molar-refractivity contribution is 5.56. The minimum absolute atomic E-state index is 0.178. The van der Waals surface area contributed by atoms with Crippen LogP contribution in [-0.2, 0) is 6.54 Å². The monoisotopic (exact) mass is 374 g/mol. The first-order valence-corrected chi connectivity index (χ1v) is 8.53. The number of H-pyrrole nitrogens is 1. The van der Waals surface area contributed by atoms with Crippen LogP contribution in [0.2, 0.25) is 0 Å². The largest absolute Gasteiger partial charge is 0.366 e. The zero-order chi connectivity index (χ0) is 19.0. The summed E-state index contributed by atoms with van der Waals surface area (Å²) in [7, 11) is 0. The third-order valence-corrected chi connectivity index (χ3v) is 4.26. The van der Waals surface area contributed by atoms with Gasteiger partial charge in [0.25, 0.3) is 0 Å². The molecule has 3 N–H and O–H groups in total. The molecule has 1 aliphatic carbocycles. The van der Waals surface area contributed by atoms with Crippen molar-refractivity contribution >= 4 is 17.5 Å². The lowest BCUT2D eigenvalue weighted by molar-refractivity contribution is 0.526. The summed E-state index contributed by atoms with van der Waals surface area (Å²) in [5.74, 6) is -0.316. The van der Waals surface area contributed by atoms with Crippen LogP contribution < -0.4 is 10.6 Å². The van der Waals surface area contributed by atoms with E-state index in [0.717, 1.165) is 5.69 Å².